The highest BCUT2D eigenvalue weighted by Gasteiger charge is 2.46. The van der Waals surface area contributed by atoms with Crippen LogP contribution in [0.1, 0.15) is 93.6 Å². The number of hydrogen-bond donors (Lipinski definition) is 1. The summed E-state index contributed by atoms with van der Waals surface area (Å²) >= 11 is 0. The number of halogens is 3. The van der Waals surface area contributed by atoms with Crippen molar-refractivity contribution < 1.29 is 41.9 Å². The molecule has 318 valence electrons. The zero-order valence-corrected chi connectivity index (χ0v) is 33.5. The number of rotatable bonds is 8. The van der Waals surface area contributed by atoms with Gasteiger partial charge in [0, 0.05) is 94.1 Å². The van der Waals surface area contributed by atoms with E-state index in [1.165, 1.54) is 6.07 Å². The Bertz CT molecular complexity index is 2280. The molecule has 6 aliphatic rings. The lowest BCUT2D eigenvalue weighted by Gasteiger charge is -2.40. The van der Waals surface area contributed by atoms with E-state index in [9.17, 15) is 37.1 Å². The first-order valence-corrected chi connectivity index (χ1v) is 21.1. The number of hydrogen-bond acceptors (Lipinski definition) is 10. The van der Waals surface area contributed by atoms with Crippen LogP contribution in [0.3, 0.4) is 0 Å². The van der Waals surface area contributed by atoms with Crippen LogP contribution in [0, 0.1) is 17.2 Å². The molecule has 6 aliphatic heterocycles. The lowest BCUT2D eigenvalue weighted by atomic mass is 9.95. The van der Waals surface area contributed by atoms with E-state index < -0.39 is 47.0 Å². The van der Waals surface area contributed by atoms with Crippen LogP contribution >= 0.6 is 0 Å². The van der Waals surface area contributed by atoms with Crippen molar-refractivity contribution in [2.45, 2.75) is 81.8 Å². The molecule has 0 radical (unpaired) electrons. The fourth-order valence-corrected chi connectivity index (χ4v) is 10.2. The summed E-state index contributed by atoms with van der Waals surface area (Å²) in [6.45, 7) is 6.23. The number of carbonyl (C=O) groups is 5. The first-order chi connectivity index (χ1) is 29.3. The maximum absolute atomic E-state index is 13.8. The summed E-state index contributed by atoms with van der Waals surface area (Å²) in [5.41, 5.74) is 1.67. The molecule has 2 bridgehead atoms. The fraction of sp³-hybridized carbons (Fsp3) is 0.467. The summed E-state index contributed by atoms with van der Waals surface area (Å²) in [6.07, 6.45) is -0.122. The number of nitrogens with zero attached hydrogens (tertiary/aromatic N) is 6. The van der Waals surface area contributed by atoms with Crippen molar-refractivity contribution in [2.75, 3.05) is 55.6 Å². The first kappa shape index (κ1) is 40.5. The lowest BCUT2D eigenvalue weighted by Crippen LogP contribution is -2.54. The Morgan fingerprint density at radius 2 is 1.43 bits per heavy atom. The van der Waals surface area contributed by atoms with Crippen LogP contribution in [-0.4, -0.2) is 114 Å². The number of ether oxygens (including phenoxy) is 1. The molecule has 0 saturated carbocycles. The topological polar surface area (TPSA) is 147 Å². The molecule has 61 heavy (non-hydrogen) atoms. The van der Waals surface area contributed by atoms with Crippen LogP contribution < -0.4 is 19.9 Å². The summed E-state index contributed by atoms with van der Waals surface area (Å²) < 4.78 is 46.6. The Labute approximate surface area is 351 Å². The molecular formula is C45H46F3N7O6. The molecule has 2 unspecified atom stereocenters. The predicted molar refractivity (Wildman–Crippen MR) is 216 cm³/mol. The number of benzene rings is 3. The highest BCUT2D eigenvalue weighted by molar-refractivity contribution is 6.23. The number of imide groups is 2. The maximum atomic E-state index is 13.8. The minimum Gasteiger partial charge on any atom is -0.490 e. The highest BCUT2D eigenvalue weighted by atomic mass is 19.4. The minimum absolute atomic E-state index is 0.0396. The molecule has 0 spiro atoms. The molecule has 6 heterocycles. The summed E-state index contributed by atoms with van der Waals surface area (Å²) in [4.78, 5) is 74.4. The number of piperidine rings is 3. The van der Waals surface area contributed by atoms with Crippen molar-refractivity contribution >= 4 is 40.9 Å². The van der Waals surface area contributed by atoms with Gasteiger partial charge in [0.1, 0.15) is 17.9 Å². The van der Waals surface area contributed by atoms with E-state index in [4.69, 9.17) is 10.00 Å². The van der Waals surface area contributed by atoms with E-state index in [0.717, 1.165) is 99.9 Å². The van der Waals surface area contributed by atoms with Gasteiger partial charge in [0.25, 0.3) is 17.7 Å². The fourth-order valence-electron chi connectivity index (χ4n) is 10.2. The molecule has 5 fully saturated rings. The zero-order chi connectivity index (χ0) is 42.6. The van der Waals surface area contributed by atoms with Gasteiger partial charge in [-0.3, -0.25) is 39.1 Å². The number of nitriles is 1. The number of piperazine rings is 1. The molecule has 0 aliphatic carbocycles. The normalized spacial score (nSPS) is 24.8. The summed E-state index contributed by atoms with van der Waals surface area (Å²) in [6, 6.07) is 17.0. The molecule has 4 atom stereocenters. The second kappa shape index (κ2) is 16.2. The summed E-state index contributed by atoms with van der Waals surface area (Å²) in [5, 5.41) is 11.4. The van der Waals surface area contributed by atoms with Gasteiger partial charge < -0.3 is 19.4 Å². The second-order valence-electron chi connectivity index (χ2n) is 17.1. The van der Waals surface area contributed by atoms with Crippen LogP contribution in [0.5, 0.6) is 5.75 Å². The maximum Gasteiger partial charge on any atom is 0.417 e. The van der Waals surface area contributed by atoms with E-state index in [-0.39, 0.29) is 48.2 Å². The summed E-state index contributed by atoms with van der Waals surface area (Å²) in [7, 11) is 0. The van der Waals surface area contributed by atoms with Crippen LogP contribution in [0.15, 0.2) is 60.7 Å². The van der Waals surface area contributed by atoms with Gasteiger partial charge in [0.15, 0.2) is 0 Å². The van der Waals surface area contributed by atoms with Crippen LogP contribution in [0.25, 0.3) is 0 Å². The second-order valence-corrected chi connectivity index (χ2v) is 17.1. The van der Waals surface area contributed by atoms with Gasteiger partial charge in [-0.1, -0.05) is 0 Å². The third-order valence-electron chi connectivity index (χ3n) is 13.4. The standard InChI is InChI=1S/C45H46F3N7O6/c46-45(47,48)38-24-34(9-3-29(38)25-49)61-35-21-32-6-7-33(22-35)54(32)42(58)28-1-4-30(5-2-28)53-19-17-51(18-20-53)26-27-13-15-52(16-14-27)31-8-10-36-37(23-31)44(60)55(43(36)59)39-11-12-40(56)50-41(39)57/h1-5,8-10,23-24,27,32-33,35,39H,6-7,11-22,26H2,(H,50,56,57)/t32-,33+,35?,39?. The van der Waals surface area contributed by atoms with Crippen LogP contribution in [-0.2, 0) is 15.8 Å². The number of amides is 5. The van der Waals surface area contributed by atoms with Crippen molar-refractivity contribution in [3.05, 3.63) is 88.5 Å². The van der Waals surface area contributed by atoms with Gasteiger partial charge in [-0.05, 0) is 98.7 Å². The average Bonchev–Trinajstić information content (AvgIpc) is 3.67. The molecule has 3 aromatic carbocycles. The van der Waals surface area contributed by atoms with E-state index in [1.807, 2.05) is 35.2 Å². The lowest BCUT2D eigenvalue weighted by molar-refractivity contribution is -0.138. The monoisotopic (exact) mass is 837 g/mol. The Balaban J connectivity index is 0.731. The van der Waals surface area contributed by atoms with Gasteiger partial charge in [0.05, 0.1) is 28.3 Å². The number of nitrogens with one attached hydrogen (secondary N) is 1. The summed E-state index contributed by atoms with van der Waals surface area (Å²) in [5.74, 6) is -1.46. The Morgan fingerprint density at radius 3 is 2.08 bits per heavy atom. The highest BCUT2D eigenvalue weighted by Crippen LogP contribution is 2.40. The minimum atomic E-state index is -4.66. The molecule has 13 nitrogen and oxygen atoms in total. The van der Waals surface area contributed by atoms with Gasteiger partial charge in [-0.2, -0.15) is 18.4 Å². The third-order valence-corrected chi connectivity index (χ3v) is 13.4. The Hall–Kier alpha value is -5.95. The van der Waals surface area contributed by atoms with Gasteiger partial charge in [0.2, 0.25) is 11.8 Å². The first-order valence-electron chi connectivity index (χ1n) is 21.1. The van der Waals surface area contributed by atoms with Gasteiger partial charge in [-0.25, -0.2) is 0 Å². The van der Waals surface area contributed by atoms with Crippen molar-refractivity contribution in [2.24, 2.45) is 5.92 Å². The van der Waals surface area contributed by atoms with Gasteiger partial charge >= 0.3 is 6.18 Å². The average molecular weight is 838 g/mol. The Kier molecular flexibility index (Phi) is 10.7. The molecule has 0 aromatic heterocycles. The quantitative estimate of drug-likeness (QED) is 0.300. The number of alkyl halides is 3. The SMILES string of the molecule is N#Cc1ccc(OC2C[C@H]3CC[C@@H](C2)N3C(=O)c2ccc(N3CCN(CC4CCN(c5ccc6c(c5)C(=O)N(C5CCC(=O)NC5=O)C6=O)CC4)CC3)cc2)cc1C(F)(F)F. The molecular weight excluding hydrogens is 792 g/mol. The van der Waals surface area contributed by atoms with Crippen molar-refractivity contribution in [3.8, 4) is 11.8 Å². The predicted octanol–water partition coefficient (Wildman–Crippen LogP) is 5.23. The van der Waals surface area contributed by atoms with E-state index in [1.54, 1.807) is 18.2 Å². The van der Waals surface area contributed by atoms with Crippen LogP contribution in [0.2, 0.25) is 0 Å². The third kappa shape index (κ3) is 7.91. The van der Waals surface area contributed by atoms with Crippen molar-refractivity contribution in [1.82, 2.24) is 20.0 Å². The molecule has 3 aromatic rings. The molecule has 9 rings (SSSR count). The van der Waals surface area contributed by atoms with E-state index in [0.29, 0.717) is 29.9 Å². The Morgan fingerprint density at radius 1 is 0.770 bits per heavy atom. The number of anilines is 2. The molecule has 1 N–H and O–H groups in total. The smallest absolute Gasteiger partial charge is 0.417 e. The molecule has 5 amide bonds. The molecule has 5 saturated heterocycles. The molecule has 16 heteroatoms. The van der Waals surface area contributed by atoms with E-state index >= 15 is 0 Å². The number of fused-ring (bicyclic) bond motifs is 3. The van der Waals surface area contributed by atoms with Crippen molar-refractivity contribution in [3.63, 3.8) is 0 Å². The van der Waals surface area contributed by atoms with Gasteiger partial charge in [-0.15, -0.1) is 0 Å². The van der Waals surface area contributed by atoms with E-state index in [2.05, 4.69) is 20.0 Å². The van der Waals surface area contributed by atoms with Crippen molar-refractivity contribution in [1.29, 1.82) is 5.26 Å². The zero-order valence-electron chi connectivity index (χ0n) is 33.5. The van der Waals surface area contributed by atoms with Crippen LogP contribution in [0.4, 0.5) is 24.5 Å². The number of carbonyl (C=O) groups excluding carboxylic acids is 5. The largest absolute Gasteiger partial charge is 0.490 e.